The quantitative estimate of drug-likeness (QED) is 0.0165. The molecule has 0 bridgehead atoms. The first-order valence-electron chi connectivity index (χ1n) is 17.8. The van der Waals surface area contributed by atoms with Crippen molar-refractivity contribution in [2.24, 2.45) is 30.7 Å². The Balaban J connectivity index is 1.22. The normalized spacial score (nSPS) is 12.9. The molecule has 0 unspecified atom stereocenters. The van der Waals surface area contributed by atoms with Crippen LogP contribution in [0.15, 0.2) is 166 Å². The largest absolute Gasteiger partial charge is 0.505 e. The molecular formula is C39H26N8O13S4. The number of benzene rings is 7. The van der Waals surface area contributed by atoms with E-state index in [-0.39, 0.29) is 54.6 Å². The van der Waals surface area contributed by atoms with Crippen LogP contribution in [0.4, 0.5) is 39.8 Å². The lowest BCUT2D eigenvalue weighted by atomic mass is 10.1. The van der Waals surface area contributed by atoms with Crippen molar-refractivity contribution >= 4 is 125 Å². The Morgan fingerprint density at radius 3 is 1.67 bits per heavy atom. The van der Waals surface area contributed by atoms with E-state index in [1.54, 1.807) is 18.3 Å². The zero-order valence-corrected chi connectivity index (χ0v) is 35.1. The Hall–Kier alpha value is -6.91. The minimum Gasteiger partial charge on any atom is -0.505 e. The fraction of sp³-hybridized carbons (Fsp3) is 0. The van der Waals surface area contributed by atoms with Gasteiger partial charge in [0, 0.05) is 32.3 Å². The molecule has 0 aliphatic carbocycles. The fourth-order valence-electron chi connectivity index (χ4n) is 6.53. The molecule has 21 nitrogen and oxygen atoms in total. The van der Waals surface area contributed by atoms with Crippen LogP contribution in [0.25, 0.3) is 43.2 Å². The maximum Gasteiger partial charge on any atom is 0.296 e. The molecule has 0 saturated carbocycles. The number of aromatic hydroxyl groups is 1. The van der Waals surface area contributed by atoms with Gasteiger partial charge in [-0.2, -0.15) is 25.3 Å². The van der Waals surface area contributed by atoms with E-state index in [0.717, 1.165) is 35.2 Å². The molecule has 0 aliphatic rings. The zero-order chi connectivity index (χ0) is 45.6. The lowest BCUT2D eigenvalue weighted by Crippen LogP contribution is -2.03. The van der Waals surface area contributed by atoms with E-state index in [1.807, 2.05) is 24.3 Å². The standard InChI is InChI=1S/C39H26N8O13S4/c40-30-18-27-21(15-37(30)64(56,57)58)14-36(61-60-59-49)38(39(27)48)47-46-35-12-10-33(26-8-6-24(17-29(26)35)63(53,54)55)44-45-34-11-9-32(25-7-5-23(16-28(25)34)62(50,51)52)43-42-22-13-20-3-1-2-4-31(20)41-19-22/h1-19,48-49H,40H2,(H,50,51,52)(H,53,54,55)(H,56,57,58)/b43-42+,45-44+,47-46+. The SMILES string of the molecule is Nc1cc2c(O)c(/N=N/c3ccc(/N=N/c4ccc(/N=N/c5cnc6ccccc6c5)c5ccc(S(=O)(=O)O)cc45)c4ccc(S(=O)(=O)O)cc34)c(SOOO)cc2cc1S(=O)(=O)O. The van der Waals surface area contributed by atoms with E-state index in [0.29, 0.717) is 28.8 Å². The molecule has 1 aromatic heterocycles. The van der Waals surface area contributed by atoms with Gasteiger partial charge in [0.25, 0.3) is 30.4 Å². The molecule has 0 saturated heterocycles. The molecular weight excluding hydrogens is 917 g/mol. The second kappa shape index (κ2) is 17.0. The summed E-state index contributed by atoms with van der Waals surface area (Å²) in [5.41, 5.74) is 6.80. The molecule has 7 aromatic carbocycles. The van der Waals surface area contributed by atoms with Crippen molar-refractivity contribution < 1.29 is 58.6 Å². The Morgan fingerprint density at radius 1 is 0.562 bits per heavy atom. The molecule has 8 rings (SSSR count). The Labute approximate surface area is 364 Å². The summed E-state index contributed by atoms with van der Waals surface area (Å²) in [6.45, 7) is 0. The van der Waals surface area contributed by atoms with Gasteiger partial charge in [0.2, 0.25) is 0 Å². The van der Waals surface area contributed by atoms with Gasteiger partial charge in [0.05, 0.1) is 66.9 Å². The number of rotatable bonds is 12. The van der Waals surface area contributed by atoms with Crippen LogP contribution in [0.2, 0.25) is 0 Å². The summed E-state index contributed by atoms with van der Waals surface area (Å²) in [7, 11) is -14.2. The molecule has 0 amide bonds. The maximum absolute atomic E-state index is 12.3. The monoisotopic (exact) mass is 942 g/mol. The smallest absolute Gasteiger partial charge is 0.296 e. The summed E-state index contributed by atoms with van der Waals surface area (Å²) < 4.78 is 107. The second-order valence-corrected chi connectivity index (χ2v) is 18.4. The number of azo groups is 3. The van der Waals surface area contributed by atoms with Gasteiger partial charge in [-0.25, -0.2) is 5.26 Å². The van der Waals surface area contributed by atoms with Crippen molar-refractivity contribution in [1.29, 1.82) is 0 Å². The van der Waals surface area contributed by atoms with Crippen LogP contribution in [0.5, 0.6) is 5.75 Å². The van der Waals surface area contributed by atoms with E-state index < -0.39 is 56.5 Å². The average Bonchev–Trinajstić information content (AvgIpc) is 3.25. The van der Waals surface area contributed by atoms with Crippen LogP contribution in [0.3, 0.4) is 0 Å². The third-order valence-corrected chi connectivity index (χ3v) is 12.7. The van der Waals surface area contributed by atoms with E-state index >= 15 is 0 Å². The van der Waals surface area contributed by atoms with Crippen molar-refractivity contribution in [3.8, 4) is 5.75 Å². The number of hydrogen-bond donors (Lipinski definition) is 6. The molecule has 0 aliphatic heterocycles. The number of nitrogens with zero attached hydrogens (tertiary/aromatic N) is 7. The number of phenolic OH excluding ortho intramolecular Hbond substituents is 1. The van der Waals surface area contributed by atoms with Crippen molar-refractivity contribution in [3.63, 3.8) is 0 Å². The predicted octanol–water partition coefficient (Wildman–Crippen LogP) is 10.4. The molecule has 324 valence electrons. The molecule has 0 radical (unpaired) electrons. The second-order valence-electron chi connectivity index (χ2n) is 13.4. The van der Waals surface area contributed by atoms with Crippen molar-refractivity contribution in [2.45, 2.75) is 19.6 Å². The van der Waals surface area contributed by atoms with Gasteiger partial charge < -0.3 is 10.8 Å². The average molecular weight is 943 g/mol. The number of anilines is 1. The number of phenols is 1. The van der Waals surface area contributed by atoms with Crippen LogP contribution < -0.4 is 5.73 Å². The first-order valence-corrected chi connectivity index (χ1v) is 22.9. The van der Waals surface area contributed by atoms with Crippen LogP contribution >= 0.6 is 12.0 Å². The summed E-state index contributed by atoms with van der Waals surface area (Å²) >= 11 is 0.321. The Morgan fingerprint density at radius 2 is 1.11 bits per heavy atom. The number of para-hydroxylation sites is 1. The number of pyridine rings is 1. The van der Waals surface area contributed by atoms with Gasteiger partial charge in [0.15, 0.2) is 5.75 Å². The van der Waals surface area contributed by atoms with Gasteiger partial charge in [-0.1, -0.05) is 35.4 Å². The summed E-state index contributed by atoms with van der Waals surface area (Å²) in [4.78, 5) is 2.64. The van der Waals surface area contributed by atoms with E-state index in [1.165, 1.54) is 48.5 Å². The topological polar surface area (TPSA) is 335 Å². The molecule has 0 spiro atoms. The van der Waals surface area contributed by atoms with Crippen molar-refractivity contribution in [3.05, 3.63) is 115 Å². The van der Waals surface area contributed by atoms with Crippen molar-refractivity contribution in [2.75, 3.05) is 5.73 Å². The fourth-order valence-corrected chi connectivity index (χ4v) is 8.67. The molecule has 8 aromatic rings. The number of nitrogen functional groups attached to an aromatic ring is 1. The Kier molecular flexibility index (Phi) is 11.6. The van der Waals surface area contributed by atoms with Crippen LogP contribution in [0, 0.1) is 0 Å². The summed E-state index contributed by atoms with van der Waals surface area (Å²) in [5, 5.41) is 51.2. The third-order valence-electron chi connectivity index (χ3n) is 9.47. The molecule has 1 heterocycles. The van der Waals surface area contributed by atoms with Crippen LogP contribution in [-0.2, 0) is 39.7 Å². The summed E-state index contributed by atoms with van der Waals surface area (Å²) in [6.07, 6.45) is 1.54. The lowest BCUT2D eigenvalue weighted by molar-refractivity contribution is -0.432. The van der Waals surface area contributed by atoms with E-state index in [9.17, 15) is 44.0 Å². The highest BCUT2D eigenvalue weighted by Crippen LogP contribution is 2.46. The first-order chi connectivity index (χ1) is 30.4. The molecule has 0 fully saturated rings. The summed E-state index contributed by atoms with van der Waals surface area (Å²) in [6, 6.07) is 25.6. The van der Waals surface area contributed by atoms with Crippen molar-refractivity contribution in [1.82, 2.24) is 4.98 Å². The zero-order valence-electron chi connectivity index (χ0n) is 31.8. The molecule has 25 heteroatoms. The van der Waals surface area contributed by atoms with Crippen LogP contribution in [-0.4, -0.2) is 54.3 Å². The number of nitrogens with two attached hydrogens (primary N) is 1. The minimum absolute atomic E-state index is 0.0276. The number of hydrogen-bond acceptors (Lipinski definition) is 19. The van der Waals surface area contributed by atoms with Gasteiger partial charge >= 0.3 is 0 Å². The predicted molar refractivity (Wildman–Crippen MR) is 232 cm³/mol. The molecule has 7 N–H and O–H groups in total. The highest BCUT2D eigenvalue weighted by Gasteiger charge is 2.22. The highest BCUT2D eigenvalue weighted by atomic mass is 32.2. The van der Waals surface area contributed by atoms with Gasteiger partial charge in [-0.3, -0.25) is 18.6 Å². The molecule has 0 atom stereocenters. The maximum atomic E-state index is 12.3. The Bertz CT molecular complexity index is 3690. The third kappa shape index (κ3) is 8.96. The minimum atomic E-state index is -4.78. The summed E-state index contributed by atoms with van der Waals surface area (Å²) in [5.74, 6) is -0.616. The van der Waals surface area contributed by atoms with E-state index in [4.69, 9.17) is 11.0 Å². The first kappa shape index (κ1) is 43.7. The van der Waals surface area contributed by atoms with E-state index in [2.05, 4.69) is 45.0 Å². The number of aromatic nitrogens is 1. The van der Waals surface area contributed by atoms with Gasteiger partial charge in [-0.15, -0.1) is 35.0 Å². The lowest BCUT2D eigenvalue weighted by Gasteiger charge is -2.12. The number of fused-ring (bicyclic) bond motifs is 4. The van der Waals surface area contributed by atoms with Gasteiger partial charge in [-0.05, 0) is 84.2 Å². The highest BCUT2D eigenvalue weighted by molar-refractivity contribution is 7.94. The molecule has 64 heavy (non-hydrogen) atoms. The van der Waals surface area contributed by atoms with Crippen LogP contribution in [0.1, 0.15) is 0 Å². The van der Waals surface area contributed by atoms with Gasteiger partial charge in [0.1, 0.15) is 16.3 Å².